The number of aldehydes is 1. The Morgan fingerprint density at radius 1 is 1.54 bits per heavy atom. The maximum Gasteiger partial charge on any atom is 0.239 e. The summed E-state index contributed by atoms with van der Waals surface area (Å²) in [5, 5.41) is 4.69. The van der Waals surface area contributed by atoms with Crippen molar-refractivity contribution in [3.8, 4) is 0 Å². The Kier molecular flexibility index (Phi) is 2.39. The average Bonchev–Trinajstić information content (AvgIpc) is 2.02. The SMILES string of the molecule is NS(=O)(=O)c1cnc(C=O)c(F)c1. The van der Waals surface area contributed by atoms with Gasteiger partial charge in [0.25, 0.3) is 0 Å². The van der Waals surface area contributed by atoms with E-state index >= 15 is 0 Å². The third-order valence-electron chi connectivity index (χ3n) is 1.28. The first kappa shape index (κ1) is 9.75. The van der Waals surface area contributed by atoms with Crippen LogP contribution in [0.4, 0.5) is 4.39 Å². The molecule has 0 spiro atoms. The van der Waals surface area contributed by atoms with E-state index in [1.165, 1.54) is 0 Å². The number of sulfonamides is 1. The highest BCUT2D eigenvalue weighted by Gasteiger charge is 2.11. The average molecular weight is 204 g/mol. The monoisotopic (exact) mass is 204 g/mol. The summed E-state index contributed by atoms with van der Waals surface area (Å²) in [4.78, 5) is 12.9. The van der Waals surface area contributed by atoms with E-state index in [-0.39, 0.29) is 6.29 Å². The highest BCUT2D eigenvalue weighted by atomic mass is 32.2. The van der Waals surface area contributed by atoms with E-state index in [0.717, 1.165) is 6.20 Å². The number of carbonyl (C=O) groups excluding carboxylic acids is 1. The Labute approximate surface area is 73.4 Å². The Balaban J connectivity index is 3.34. The summed E-state index contributed by atoms with van der Waals surface area (Å²) in [5.74, 6) is -1.01. The Morgan fingerprint density at radius 3 is 2.54 bits per heavy atom. The zero-order chi connectivity index (χ0) is 10.1. The Hall–Kier alpha value is -1.34. The number of rotatable bonds is 2. The van der Waals surface area contributed by atoms with Crippen LogP contribution in [0.1, 0.15) is 10.5 Å². The lowest BCUT2D eigenvalue weighted by molar-refractivity contribution is 0.111. The number of nitrogens with two attached hydrogens (primary N) is 1. The fourth-order valence-corrected chi connectivity index (χ4v) is 1.14. The molecule has 0 amide bonds. The first-order chi connectivity index (χ1) is 5.95. The van der Waals surface area contributed by atoms with Crippen LogP contribution in [0.5, 0.6) is 0 Å². The van der Waals surface area contributed by atoms with Gasteiger partial charge in [0.05, 0.1) is 0 Å². The number of pyridine rings is 1. The fourth-order valence-electron chi connectivity index (χ4n) is 0.673. The summed E-state index contributed by atoms with van der Waals surface area (Å²) in [6.45, 7) is 0. The molecule has 0 aliphatic heterocycles. The van der Waals surface area contributed by atoms with Gasteiger partial charge in [0.15, 0.2) is 12.1 Å². The van der Waals surface area contributed by atoms with Gasteiger partial charge >= 0.3 is 0 Å². The lowest BCUT2D eigenvalue weighted by atomic mass is 10.4. The lowest BCUT2D eigenvalue weighted by Crippen LogP contribution is -2.13. The molecule has 0 saturated heterocycles. The predicted molar refractivity (Wildman–Crippen MR) is 41.0 cm³/mol. The highest BCUT2D eigenvalue weighted by molar-refractivity contribution is 7.89. The summed E-state index contributed by atoms with van der Waals surface area (Å²) in [6, 6.07) is 0.645. The summed E-state index contributed by atoms with van der Waals surface area (Å²) in [5.41, 5.74) is -0.451. The van der Waals surface area contributed by atoms with Crippen LogP contribution in [0, 0.1) is 5.82 Å². The topological polar surface area (TPSA) is 90.1 Å². The largest absolute Gasteiger partial charge is 0.296 e. The lowest BCUT2D eigenvalue weighted by Gasteiger charge is -1.97. The Bertz CT molecular complexity index is 443. The zero-order valence-corrected chi connectivity index (χ0v) is 7.08. The number of carbonyl (C=O) groups is 1. The summed E-state index contributed by atoms with van der Waals surface area (Å²) in [7, 11) is -3.97. The van der Waals surface area contributed by atoms with E-state index < -0.39 is 26.4 Å². The van der Waals surface area contributed by atoms with Crippen LogP contribution in [-0.2, 0) is 10.0 Å². The first-order valence-corrected chi connectivity index (χ1v) is 4.63. The number of halogens is 1. The van der Waals surface area contributed by atoms with Crippen molar-refractivity contribution in [2.24, 2.45) is 5.14 Å². The quantitative estimate of drug-likeness (QED) is 0.668. The molecule has 0 atom stereocenters. The van der Waals surface area contributed by atoms with Crippen LogP contribution in [0.25, 0.3) is 0 Å². The smallest absolute Gasteiger partial charge is 0.239 e. The van der Waals surface area contributed by atoms with E-state index in [4.69, 9.17) is 5.14 Å². The van der Waals surface area contributed by atoms with Gasteiger partial charge in [0, 0.05) is 6.20 Å². The van der Waals surface area contributed by atoms with Crippen molar-refractivity contribution in [3.05, 3.63) is 23.8 Å². The van der Waals surface area contributed by atoms with Gasteiger partial charge in [0.2, 0.25) is 10.0 Å². The second-order valence-electron chi connectivity index (χ2n) is 2.20. The fraction of sp³-hybridized carbons (Fsp3) is 0. The molecule has 0 bridgehead atoms. The number of aromatic nitrogens is 1. The van der Waals surface area contributed by atoms with E-state index in [0.29, 0.717) is 6.07 Å². The van der Waals surface area contributed by atoms with E-state index in [2.05, 4.69) is 4.98 Å². The van der Waals surface area contributed by atoms with Crippen molar-refractivity contribution < 1.29 is 17.6 Å². The van der Waals surface area contributed by atoms with E-state index in [9.17, 15) is 17.6 Å². The van der Waals surface area contributed by atoms with Crippen molar-refractivity contribution in [2.75, 3.05) is 0 Å². The molecule has 0 unspecified atom stereocenters. The highest BCUT2D eigenvalue weighted by Crippen LogP contribution is 2.08. The van der Waals surface area contributed by atoms with Gasteiger partial charge in [-0.2, -0.15) is 0 Å². The third-order valence-corrected chi connectivity index (χ3v) is 2.17. The first-order valence-electron chi connectivity index (χ1n) is 3.08. The number of nitrogens with zero attached hydrogens (tertiary/aromatic N) is 1. The molecule has 1 aromatic heterocycles. The molecule has 7 heteroatoms. The van der Waals surface area contributed by atoms with Crippen LogP contribution >= 0.6 is 0 Å². The number of hydrogen-bond donors (Lipinski definition) is 1. The van der Waals surface area contributed by atoms with E-state index in [1.54, 1.807) is 0 Å². The molecule has 0 aliphatic carbocycles. The maximum absolute atomic E-state index is 12.8. The molecule has 1 aromatic rings. The van der Waals surface area contributed by atoms with E-state index in [1.807, 2.05) is 0 Å². The molecule has 1 heterocycles. The molecule has 0 radical (unpaired) electrons. The summed E-state index contributed by atoms with van der Waals surface area (Å²) < 4.78 is 34.1. The van der Waals surface area contributed by atoms with Crippen LogP contribution in [-0.4, -0.2) is 19.7 Å². The minimum atomic E-state index is -3.97. The molecule has 1 rings (SSSR count). The molecular weight excluding hydrogens is 199 g/mol. The molecule has 70 valence electrons. The Morgan fingerprint density at radius 2 is 2.15 bits per heavy atom. The summed E-state index contributed by atoms with van der Waals surface area (Å²) in [6.07, 6.45) is 1.00. The van der Waals surface area contributed by atoms with Gasteiger partial charge in [-0.15, -0.1) is 0 Å². The second-order valence-corrected chi connectivity index (χ2v) is 3.76. The van der Waals surface area contributed by atoms with Gasteiger partial charge in [-0.1, -0.05) is 0 Å². The molecule has 0 fully saturated rings. The standard InChI is InChI=1S/C6H5FN2O3S/c7-5-1-4(13(8,11)12)2-9-6(5)3-10/h1-3H,(H2,8,11,12). The van der Waals surface area contributed by atoms with Crippen LogP contribution in [0.2, 0.25) is 0 Å². The van der Waals surface area contributed by atoms with Crippen molar-refractivity contribution in [2.45, 2.75) is 4.90 Å². The minimum Gasteiger partial charge on any atom is -0.296 e. The number of primary sulfonamides is 1. The second kappa shape index (κ2) is 3.19. The van der Waals surface area contributed by atoms with Gasteiger partial charge in [-0.25, -0.2) is 22.9 Å². The molecular formula is C6H5FN2O3S. The zero-order valence-electron chi connectivity index (χ0n) is 6.27. The van der Waals surface area contributed by atoms with Gasteiger partial charge in [-0.3, -0.25) is 4.79 Å². The molecule has 13 heavy (non-hydrogen) atoms. The normalized spacial score (nSPS) is 11.2. The molecule has 0 aliphatic rings. The number of hydrogen-bond acceptors (Lipinski definition) is 4. The molecule has 2 N–H and O–H groups in total. The van der Waals surface area contributed by atoms with Crippen molar-refractivity contribution in [1.82, 2.24) is 4.98 Å². The van der Waals surface area contributed by atoms with Gasteiger partial charge < -0.3 is 0 Å². The van der Waals surface area contributed by atoms with Crippen molar-refractivity contribution in [3.63, 3.8) is 0 Å². The summed E-state index contributed by atoms with van der Waals surface area (Å²) >= 11 is 0. The maximum atomic E-state index is 12.8. The molecule has 0 aromatic carbocycles. The predicted octanol–water partition coefficient (Wildman–Crippen LogP) is -0.319. The van der Waals surface area contributed by atoms with Crippen molar-refractivity contribution >= 4 is 16.3 Å². The van der Waals surface area contributed by atoms with Gasteiger partial charge in [-0.05, 0) is 6.07 Å². The van der Waals surface area contributed by atoms with Crippen LogP contribution in [0.3, 0.4) is 0 Å². The van der Waals surface area contributed by atoms with Crippen LogP contribution < -0.4 is 5.14 Å². The van der Waals surface area contributed by atoms with Crippen molar-refractivity contribution in [1.29, 1.82) is 0 Å². The van der Waals surface area contributed by atoms with Gasteiger partial charge in [0.1, 0.15) is 10.6 Å². The van der Waals surface area contributed by atoms with Crippen LogP contribution in [0.15, 0.2) is 17.2 Å². The third kappa shape index (κ3) is 2.07. The minimum absolute atomic E-state index is 0.183. The molecule has 5 nitrogen and oxygen atoms in total. The molecule has 0 saturated carbocycles.